The minimum Gasteiger partial charge on any atom is -0.507 e. The summed E-state index contributed by atoms with van der Waals surface area (Å²) in [6.07, 6.45) is -1.06. The molecule has 2 aliphatic heterocycles. The summed E-state index contributed by atoms with van der Waals surface area (Å²) >= 11 is 0. The van der Waals surface area contributed by atoms with Crippen molar-refractivity contribution in [2.75, 3.05) is 0 Å². The molecule has 0 radical (unpaired) electrons. The van der Waals surface area contributed by atoms with Gasteiger partial charge < -0.3 is 40.1 Å². The third-order valence-electron chi connectivity index (χ3n) is 8.24. The fourth-order valence-electron chi connectivity index (χ4n) is 5.70. The van der Waals surface area contributed by atoms with Crippen LogP contribution in [-0.2, 0) is 0 Å². The molecule has 10 nitrogen and oxygen atoms in total. The Labute approximate surface area is 227 Å². The standard InChI is InChI=1S/C30H26O10/c1-9-11(3)39-19-5-13-21(15(31)7-17(33)23(13)29(37)25(19)27(9)35)22-14-6-20-26(28(36)10(2)12(4)40-20)30(38)24(14)18(34)8-16(22)32/h5-12,31-34,37-38H,1-4H3/t9-,10-,11-,12-/m0/s1. The molecule has 0 bridgehead atoms. The Hall–Kier alpha value is -4.86. The van der Waals surface area contributed by atoms with Gasteiger partial charge in [-0.1, -0.05) is 13.8 Å². The second kappa shape index (κ2) is 8.32. The monoisotopic (exact) mass is 546 g/mol. The highest BCUT2D eigenvalue weighted by atomic mass is 16.5. The number of ether oxygens (including phenoxy) is 2. The average Bonchev–Trinajstić information content (AvgIpc) is 2.86. The van der Waals surface area contributed by atoms with E-state index in [1.165, 1.54) is 12.1 Å². The Morgan fingerprint density at radius 3 is 1.23 bits per heavy atom. The third-order valence-corrected chi connectivity index (χ3v) is 8.24. The summed E-state index contributed by atoms with van der Waals surface area (Å²) in [5.74, 6) is -5.10. The molecule has 0 aliphatic carbocycles. The van der Waals surface area contributed by atoms with E-state index in [0.717, 1.165) is 12.1 Å². The van der Waals surface area contributed by atoms with Crippen molar-refractivity contribution in [3.8, 4) is 57.1 Å². The van der Waals surface area contributed by atoms with Gasteiger partial charge in [-0.2, -0.15) is 0 Å². The number of ketones is 2. The zero-order chi connectivity index (χ0) is 28.9. The fourth-order valence-corrected chi connectivity index (χ4v) is 5.70. The van der Waals surface area contributed by atoms with Gasteiger partial charge in [-0.05, 0) is 26.0 Å². The Morgan fingerprint density at radius 2 is 0.875 bits per heavy atom. The van der Waals surface area contributed by atoms with Gasteiger partial charge in [0.25, 0.3) is 0 Å². The molecule has 4 atom stereocenters. The number of phenolic OH excluding ortho intramolecular Hbond substituents is 6. The molecule has 0 spiro atoms. The van der Waals surface area contributed by atoms with Crippen LogP contribution in [-0.4, -0.2) is 54.4 Å². The Bertz CT molecular complexity index is 1690. The van der Waals surface area contributed by atoms with E-state index in [1.807, 2.05) is 0 Å². The minimum atomic E-state index is -0.568. The minimum absolute atomic E-state index is 0.0155. The molecule has 40 heavy (non-hydrogen) atoms. The number of Topliss-reactive ketones (excluding diaryl/α,β-unsaturated/α-hetero) is 2. The second-order valence-corrected chi connectivity index (χ2v) is 10.6. The Kier molecular flexibility index (Phi) is 5.29. The van der Waals surface area contributed by atoms with Gasteiger partial charge in [0.2, 0.25) is 0 Å². The van der Waals surface area contributed by atoms with Gasteiger partial charge in [0, 0.05) is 34.0 Å². The molecule has 0 aromatic heterocycles. The van der Waals surface area contributed by atoms with Crippen LogP contribution in [0.5, 0.6) is 46.0 Å². The van der Waals surface area contributed by atoms with E-state index in [1.54, 1.807) is 27.7 Å². The summed E-state index contributed by atoms with van der Waals surface area (Å²) in [5, 5.41) is 65.7. The van der Waals surface area contributed by atoms with Crippen LogP contribution in [0.4, 0.5) is 0 Å². The molecule has 0 fully saturated rings. The number of phenols is 6. The van der Waals surface area contributed by atoms with Crippen LogP contribution in [0, 0.1) is 11.8 Å². The first-order chi connectivity index (χ1) is 18.8. The van der Waals surface area contributed by atoms with Crippen molar-refractivity contribution in [3.63, 3.8) is 0 Å². The third kappa shape index (κ3) is 3.22. The molecule has 6 rings (SSSR count). The van der Waals surface area contributed by atoms with Gasteiger partial charge in [0.05, 0.1) is 22.6 Å². The molecule has 2 heterocycles. The first-order valence-electron chi connectivity index (χ1n) is 12.7. The highest BCUT2D eigenvalue weighted by molar-refractivity contribution is 6.19. The molecule has 6 N–H and O–H groups in total. The maximum atomic E-state index is 13.0. The van der Waals surface area contributed by atoms with Crippen LogP contribution in [0.15, 0.2) is 24.3 Å². The Balaban J connectivity index is 1.76. The van der Waals surface area contributed by atoms with Crippen LogP contribution in [0.25, 0.3) is 32.7 Å². The van der Waals surface area contributed by atoms with E-state index in [-0.39, 0.29) is 66.9 Å². The van der Waals surface area contributed by atoms with Gasteiger partial charge in [0.15, 0.2) is 11.6 Å². The zero-order valence-corrected chi connectivity index (χ0v) is 21.9. The maximum Gasteiger partial charge on any atom is 0.176 e. The predicted molar refractivity (Wildman–Crippen MR) is 144 cm³/mol. The van der Waals surface area contributed by atoms with Gasteiger partial charge in [0.1, 0.15) is 69.3 Å². The lowest BCUT2D eigenvalue weighted by molar-refractivity contribution is 0.0716. The molecule has 0 amide bonds. The van der Waals surface area contributed by atoms with Crippen molar-refractivity contribution >= 4 is 33.1 Å². The Morgan fingerprint density at radius 1 is 0.525 bits per heavy atom. The molecular weight excluding hydrogens is 520 g/mol. The summed E-state index contributed by atoms with van der Waals surface area (Å²) < 4.78 is 11.8. The topological polar surface area (TPSA) is 174 Å². The number of hydrogen-bond donors (Lipinski definition) is 6. The van der Waals surface area contributed by atoms with E-state index in [4.69, 9.17) is 9.47 Å². The van der Waals surface area contributed by atoms with Crippen LogP contribution in [0.2, 0.25) is 0 Å². The number of aromatic hydroxyl groups is 6. The highest BCUT2D eigenvalue weighted by Gasteiger charge is 2.38. The maximum absolute atomic E-state index is 13.0. The lowest BCUT2D eigenvalue weighted by Crippen LogP contribution is -2.33. The number of benzene rings is 4. The van der Waals surface area contributed by atoms with Crippen molar-refractivity contribution in [2.24, 2.45) is 11.8 Å². The van der Waals surface area contributed by atoms with Crippen LogP contribution >= 0.6 is 0 Å². The van der Waals surface area contributed by atoms with Gasteiger partial charge >= 0.3 is 0 Å². The lowest BCUT2D eigenvalue weighted by Gasteiger charge is -2.30. The molecule has 0 saturated carbocycles. The first kappa shape index (κ1) is 25.4. The van der Waals surface area contributed by atoms with Crippen molar-refractivity contribution in [2.45, 2.75) is 39.9 Å². The predicted octanol–water partition coefficient (Wildman–Crippen LogP) is 5.09. The SMILES string of the molecule is C[C@@H]1Oc2cc3c(-c4c(O)cc(O)c5c(O)c6c(cc45)O[C@@H](C)[C@H](C)C6=O)c(O)cc(O)c3c(O)c2C(=O)[C@H]1C. The van der Waals surface area contributed by atoms with E-state index in [9.17, 15) is 40.2 Å². The lowest BCUT2D eigenvalue weighted by atomic mass is 9.84. The van der Waals surface area contributed by atoms with E-state index < -0.39 is 58.5 Å². The quantitative estimate of drug-likeness (QED) is 0.189. The second-order valence-electron chi connectivity index (χ2n) is 10.6. The van der Waals surface area contributed by atoms with Gasteiger partial charge in [-0.3, -0.25) is 9.59 Å². The molecular formula is C30H26O10. The van der Waals surface area contributed by atoms with Crippen molar-refractivity contribution in [3.05, 3.63) is 35.4 Å². The van der Waals surface area contributed by atoms with E-state index in [2.05, 4.69) is 0 Å². The van der Waals surface area contributed by atoms with Crippen LogP contribution in [0.1, 0.15) is 48.4 Å². The van der Waals surface area contributed by atoms with Crippen LogP contribution < -0.4 is 9.47 Å². The first-order valence-corrected chi connectivity index (χ1v) is 12.7. The summed E-state index contributed by atoms with van der Waals surface area (Å²) in [6, 6.07) is 4.65. The number of carbonyl (C=O) groups excluding carboxylic acids is 2. The summed E-state index contributed by atoms with van der Waals surface area (Å²) in [5.41, 5.74) is -0.435. The van der Waals surface area contributed by atoms with Crippen molar-refractivity contribution in [1.82, 2.24) is 0 Å². The molecule has 4 aromatic carbocycles. The smallest absolute Gasteiger partial charge is 0.176 e. The number of hydrogen-bond acceptors (Lipinski definition) is 10. The van der Waals surface area contributed by atoms with E-state index >= 15 is 0 Å². The van der Waals surface area contributed by atoms with E-state index in [0.29, 0.717) is 0 Å². The molecule has 206 valence electrons. The normalized spacial score (nSPS) is 22.1. The summed E-state index contributed by atoms with van der Waals surface area (Å²) in [4.78, 5) is 26.1. The van der Waals surface area contributed by atoms with Crippen molar-refractivity contribution < 1.29 is 49.7 Å². The van der Waals surface area contributed by atoms with Gasteiger partial charge in [-0.15, -0.1) is 0 Å². The molecule has 2 aliphatic rings. The van der Waals surface area contributed by atoms with Gasteiger partial charge in [-0.25, -0.2) is 0 Å². The number of rotatable bonds is 1. The summed E-state index contributed by atoms with van der Waals surface area (Å²) in [7, 11) is 0. The number of carbonyl (C=O) groups is 2. The molecule has 10 heteroatoms. The largest absolute Gasteiger partial charge is 0.507 e. The van der Waals surface area contributed by atoms with Crippen molar-refractivity contribution in [1.29, 1.82) is 0 Å². The molecule has 0 unspecified atom stereocenters. The molecule has 4 aromatic rings. The number of fused-ring (bicyclic) bond motifs is 4. The molecule has 0 saturated heterocycles. The highest BCUT2D eigenvalue weighted by Crippen LogP contribution is 2.55. The fraction of sp³-hybridized carbons (Fsp3) is 0.267. The average molecular weight is 547 g/mol. The van der Waals surface area contributed by atoms with Crippen LogP contribution in [0.3, 0.4) is 0 Å². The zero-order valence-electron chi connectivity index (χ0n) is 21.9. The summed E-state index contributed by atoms with van der Waals surface area (Å²) in [6.45, 7) is 6.71.